The van der Waals surface area contributed by atoms with Gasteiger partial charge in [-0.05, 0) is 49.1 Å². The highest BCUT2D eigenvalue weighted by atomic mass is 19.3. The zero-order valence-electron chi connectivity index (χ0n) is 17.1. The van der Waals surface area contributed by atoms with Gasteiger partial charge < -0.3 is 24.9 Å². The molecule has 0 radical (unpaired) electrons. The lowest BCUT2D eigenvalue weighted by molar-refractivity contribution is -0.0515. The fourth-order valence-electron chi connectivity index (χ4n) is 2.99. The number of oxazole rings is 1. The quantitative estimate of drug-likeness (QED) is 0.492. The number of nitrogens with one attached hydrogen (secondary N) is 1. The van der Waals surface area contributed by atoms with E-state index in [1.165, 1.54) is 18.2 Å². The van der Waals surface area contributed by atoms with Crippen LogP contribution in [-0.4, -0.2) is 29.1 Å². The monoisotopic (exact) mass is 444 g/mol. The van der Waals surface area contributed by atoms with E-state index in [1.54, 1.807) is 18.3 Å². The van der Waals surface area contributed by atoms with E-state index in [9.17, 15) is 13.6 Å². The standard InChI is InChI=1S/C22H22F2N4O4/c23-22(24)32-16-7-6-14(9-17(16)30-12-13-4-5-13)21-28-19(18(10-25)31-21)20(29)27-11-15-3-1-2-8-26-15/h1-3,6-9,13,22H,4-5,10-12,25H2,(H,27,29). The molecule has 168 valence electrons. The van der Waals surface area contributed by atoms with Crippen molar-refractivity contribution in [1.82, 2.24) is 15.3 Å². The third-order valence-corrected chi connectivity index (χ3v) is 4.83. The molecule has 4 rings (SSSR count). The average Bonchev–Trinajstić information content (AvgIpc) is 3.53. The summed E-state index contributed by atoms with van der Waals surface area (Å²) in [5, 5.41) is 2.73. The molecule has 0 atom stereocenters. The molecule has 0 saturated heterocycles. The van der Waals surface area contributed by atoms with Gasteiger partial charge >= 0.3 is 6.61 Å². The van der Waals surface area contributed by atoms with Crippen molar-refractivity contribution >= 4 is 5.91 Å². The Hall–Kier alpha value is -3.53. The largest absolute Gasteiger partial charge is 0.489 e. The Balaban J connectivity index is 1.55. The summed E-state index contributed by atoms with van der Waals surface area (Å²) in [4.78, 5) is 21.1. The maximum atomic E-state index is 12.7. The van der Waals surface area contributed by atoms with Crippen molar-refractivity contribution in [1.29, 1.82) is 0 Å². The van der Waals surface area contributed by atoms with Gasteiger partial charge in [-0.3, -0.25) is 9.78 Å². The molecule has 3 aromatic rings. The van der Waals surface area contributed by atoms with Crippen LogP contribution in [0.5, 0.6) is 11.5 Å². The number of aromatic nitrogens is 2. The van der Waals surface area contributed by atoms with Crippen LogP contribution in [0.25, 0.3) is 11.5 Å². The molecule has 32 heavy (non-hydrogen) atoms. The van der Waals surface area contributed by atoms with Gasteiger partial charge in [-0.25, -0.2) is 4.98 Å². The van der Waals surface area contributed by atoms with Gasteiger partial charge in [-0.2, -0.15) is 8.78 Å². The molecule has 1 amide bonds. The van der Waals surface area contributed by atoms with Crippen LogP contribution in [0.15, 0.2) is 47.0 Å². The molecule has 1 aromatic carbocycles. The summed E-state index contributed by atoms with van der Waals surface area (Å²) in [6.45, 7) is -2.41. The summed E-state index contributed by atoms with van der Waals surface area (Å²) in [7, 11) is 0. The first-order valence-corrected chi connectivity index (χ1v) is 10.1. The third kappa shape index (κ3) is 5.38. The highest BCUT2D eigenvalue weighted by Crippen LogP contribution is 2.36. The summed E-state index contributed by atoms with van der Waals surface area (Å²) < 4.78 is 41.4. The summed E-state index contributed by atoms with van der Waals surface area (Å²) in [5.74, 6) is 0.346. The van der Waals surface area contributed by atoms with Crippen LogP contribution in [0.3, 0.4) is 0 Å². The maximum Gasteiger partial charge on any atom is 0.387 e. The van der Waals surface area contributed by atoms with E-state index in [0.29, 0.717) is 23.8 Å². The van der Waals surface area contributed by atoms with Crippen LogP contribution < -0.4 is 20.5 Å². The van der Waals surface area contributed by atoms with Crippen molar-refractivity contribution in [3.8, 4) is 23.0 Å². The third-order valence-electron chi connectivity index (χ3n) is 4.83. The Bertz CT molecular complexity index is 1070. The molecule has 8 nitrogen and oxygen atoms in total. The number of ether oxygens (including phenoxy) is 2. The fraction of sp³-hybridized carbons (Fsp3) is 0.318. The summed E-state index contributed by atoms with van der Waals surface area (Å²) >= 11 is 0. The highest BCUT2D eigenvalue weighted by Gasteiger charge is 2.24. The number of alkyl halides is 2. The second-order valence-corrected chi connectivity index (χ2v) is 7.29. The zero-order valence-corrected chi connectivity index (χ0v) is 17.1. The van der Waals surface area contributed by atoms with Crippen LogP contribution in [0.2, 0.25) is 0 Å². The van der Waals surface area contributed by atoms with E-state index in [2.05, 4.69) is 20.0 Å². The van der Waals surface area contributed by atoms with Crippen molar-refractivity contribution in [2.75, 3.05) is 6.61 Å². The van der Waals surface area contributed by atoms with Crippen LogP contribution >= 0.6 is 0 Å². The van der Waals surface area contributed by atoms with Crippen molar-refractivity contribution in [2.24, 2.45) is 11.7 Å². The van der Waals surface area contributed by atoms with E-state index < -0.39 is 12.5 Å². The summed E-state index contributed by atoms with van der Waals surface area (Å²) in [6, 6.07) is 9.74. The van der Waals surface area contributed by atoms with Gasteiger partial charge in [0.1, 0.15) is 0 Å². The molecule has 2 heterocycles. The Labute approximate surface area is 182 Å². The topological polar surface area (TPSA) is 113 Å². The average molecular weight is 444 g/mol. The zero-order chi connectivity index (χ0) is 22.5. The molecular weight excluding hydrogens is 422 g/mol. The lowest BCUT2D eigenvalue weighted by Gasteiger charge is -2.12. The van der Waals surface area contributed by atoms with Crippen LogP contribution in [0.4, 0.5) is 8.78 Å². The first-order chi connectivity index (χ1) is 15.5. The van der Waals surface area contributed by atoms with E-state index in [1.807, 2.05) is 6.07 Å². The number of hydrogen-bond donors (Lipinski definition) is 2. The van der Waals surface area contributed by atoms with Gasteiger partial charge in [-0.1, -0.05) is 6.07 Å². The second-order valence-electron chi connectivity index (χ2n) is 7.29. The molecule has 1 aliphatic rings. The van der Waals surface area contributed by atoms with Gasteiger partial charge in [-0.15, -0.1) is 0 Å². The number of benzene rings is 1. The Morgan fingerprint density at radius 3 is 2.78 bits per heavy atom. The lowest BCUT2D eigenvalue weighted by atomic mass is 10.2. The number of hydrogen-bond acceptors (Lipinski definition) is 7. The van der Waals surface area contributed by atoms with Crippen LogP contribution in [0.1, 0.15) is 34.8 Å². The Kier molecular flexibility index (Phi) is 6.60. The first kappa shape index (κ1) is 21.7. The van der Waals surface area contributed by atoms with Crippen molar-refractivity contribution in [3.63, 3.8) is 0 Å². The number of rotatable bonds is 10. The maximum absolute atomic E-state index is 12.7. The molecule has 0 spiro atoms. The summed E-state index contributed by atoms with van der Waals surface area (Å²) in [6.07, 6.45) is 3.72. The molecule has 0 unspecified atom stereocenters. The number of carbonyl (C=O) groups excluding carboxylic acids is 1. The van der Waals surface area contributed by atoms with Crippen LogP contribution in [-0.2, 0) is 13.1 Å². The number of amides is 1. The predicted octanol–water partition coefficient (Wildman–Crippen LogP) is 3.52. The molecule has 1 saturated carbocycles. The number of nitrogens with two attached hydrogens (primary N) is 1. The number of carbonyl (C=O) groups is 1. The summed E-state index contributed by atoms with van der Waals surface area (Å²) in [5.41, 5.74) is 6.90. The van der Waals surface area contributed by atoms with Crippen LogP contribution in [0, 0.1) is 5.92 Å². The highest BCUT2D eigenvalue weighted by molar-refractivity contribution is 5.93. The van der Waals surface area contributed by atoms with E-state index >= 15 is 0 Å². The molecule has 0 aliphatic heterocycles. The Morgan fingerprint density at radius 2 is 2.09 bits per heavy atom. The fourth-order valence-corrected chi connectivity index (χ4v) is 2.99. The molecule has 0 bridgehead atoms. The van der Waals surface area contributed by atoms with Gasteiger partial charge in [0, 0.05) is 11.8 Å². The number of pyridine rings is 1. The van der Waals surface area contributed by atoms with E-state index in [4.69, 9.17) is 14.9 Å². The van der Waals surface area contributed by atoms with Gasteiger partial charge in [0.2, 0.25) is 5.89 Å². The molecule has 1 fully saturated rings. The normalized spacial score (nSPS) is 13.2. The second kappa shape index (κ2) is 9.73. The van der Waals surface area contributed by atoms with Gasteiger partial charge in [0.25, 0.3) is 5.91 Å². The number of nitrogens with zero attached hydrogens (tertiary/aromatic N) is 2. The van der Waals surface area contributed by atoms with Gasteiger partial charge in [0.05, 0.1) is 25.4 Å². The van der Waals surface area contributed by atoms with E-state index in [-0.39, 0.29) is 41.9 Å². The first-order valence-electron chi connectivity index (χ1n) is 10.1. The molecular formula is C22H22F2N4O4. The SMILES string of the molecule is NCc1oc(-c2ccc(OC(F)F)c(OCC3CC3)c2)nc1C(=O)NCc1ccccn1. The molecule has 10 heteroatoms. The minimum atomic E-state index is -2.98. The Morgan fingerprint density at radius 1 is 1.25 bits per heavy atom. The molecule has 3 N–H and O–H groups in total. The smallest absolute Gasteiger partial charge is 0.387 e. The van der Waals surface area contributed by atoms with Crippen molar-refractivity contribution < 1.29 is 27.5 Å². The van der Waals surface area contributed by atoms with Crippen molar-refractivity contribution in [3.05, 3.63) is 59.7 Å². The molecule has 2 aromatic heterocycles. The van der Waals surface area contributed by atoms with E-state index in [0.717, 1.165) is 12.8 Å². The number of halogens is 2. The minimum Gasteiger partial charge on any atom is -0.489 e. The van der Waals surface area contributed by atoms with Gasteiger partial charge in [0.15, 0.2) is 23.0 Å². The predicted molar refractivity (Wildman–Crippen MR) is 110 cm³/mol. The van der Waals surface area contributed by atoms with Crippen molar-refractivity contribution in [2.45, 2.75) is 32.5 Å². The lowest BCUT2D eigenvalue weighted by Crippen LogP contribution is -2.25. The minimum absolute atomic E-state index is 0.0447. The molecule has 1 aliphatic carbocycles.